The first kappa shape index (κ1) is 18.0. The number of rotatable bonds is 3. The molecule has 27 heavy (non-hydrogen) atoms. The first-order chi connectivity index (χ1) is 12.9. The minimum absolute atomic E-state index is 0.566. The van der Waals surface area contributed by atoms with E-state index in [9.17, 15) is 13.2 Å². The van der Waals surface area contributed by atoms with Crippen LogP contribution in [0.15, 0.2) is 48.7 Å². The maximum Gasteiger partial charge on any atom is 0.416 e. The Balaban J connectivity index is 1.43. The average Bonchev–Trinajstić information content (AvgIpc) is 2.98. The van der Waals surface area contributed by atoms with Crippen LogP contribution in [0.5, 0.6) is 0 Å². The fourth-order valence-electron chi connectivity index (χ4n) is 3.28. The molecular weight excluding hydrogens is 375 g/mol. The third kappa shape index (κ3) is 3.70. The van der Waals surface area contributed by atoms with Crippen molar-refractivity contribution in [3.05, 3.63) is 59.0 Å². The summed E-state index contributed by atoms with van der Waals surface area (Å²) >= 11 is 5.46. The molecule has 0 saturated carbocycles. The smallest absolute Gasteiger partial charge is 0.369 e. The van der Waals surface area contributed by atoms with E-state index in [1.54, 1.807) is 10.7 Å². The van der Waals surface area contributed by atoms with Crippen LogP contribution in [0.2, 0.25) is 0 Å². The number of nitrogens with zero attached hydrogens (tertiary/aromatic N) is 5. The highest BCUT2D eigenvalue weighted by Gasteiger charge is 2.31. The van der Waals surface area contributed by atoms with Gasteiger partial charge in [-0.15, -0.1) is 0 Å². The van der Waals surface area contributed by atoms with Crippen LogP contribution >= 0.6 is 12.2 Å². The molecule has 0 radical (unpaired) electrons. The van der Waals surface area contributed by atoms with Crippen molar-refractivity contribution >= 4 is 23.6 Å². The summed E-state index contributed by atoms with van der Waals surface area (Å²) in [5, 5.41) is 4.52. The van der Waals surface area contributed by atoms with Gasteiger partial charge in [0.2, 0.25) is 4.77 Å². The van der Waals surface area contributed by atoms with Crippen molar-refractivity contribution in [2.75, 3.05) is 31.1 Å². The first-order valence-corrected chi connectivity index (χ1v) is 9.01. The lowest BCUT2D eigenvalue weighted by Crippen LogP contribution is -2.47. The highest BCUT2D eigenvalue weighted by molar-refractivity contribution is 7.71. The van der Waals surface area contributed by atoms with Gasteiger partial charge in [-0.1, -0.05) is 12.1 Å². The second-order valence-electron chi connectivity index (χ2n) is 6.51. The molecule has 1 fully saturated rings. The number of fused-ring (bicyclic) bond motifs is 1. The second-order valence-corrected chi connectivity index (χ2v) is 6.87. The Labute approximate surface area is 159 Å². The Morgan fingerprint density at radius 3 is 2.48 bits per heavy atom. The van der Waals surface area contributed by atoms with Gasteiger partial charge in [-0.2, -0.15) is 18.3 Å². The minimum Gasteiger partial charge on any atom is -0.369 e. The van der Waals surface area contributed by atoms with E-state index in [0.717, 1.165) is 24.8 Å². The van der Waals surface area contributed by atoms with Crippen molar-refractivity contribution in [2.24, 2.45) is 0 Å². The molecule has 142 valence electrons. The zero-order chi connectivity index (χ0) is 19.0. The van der Waals surface area contributed by atoms with Crippen LogP contribution in [0.1, 0.15) is 5.56 Å². The van der Waals surface area contributed by atoms with Crippen molar-refractivity contribution in [3.63, 3.8) is 0 Å². The number of halogens is 3. The second kappa shape index (κ2) is 6.97. The molecule has 9 heteroatoms. The number of pyridine rings is 1. The van der Waals surface area contributed by atoms with Crippen LogP contribution in [-0.2, 0) is 12.8 Å². The number of piperazine rings is 1. The van der Waals surface area contributed by atoms with Gasteiger partial charge in [0, 0.05) is 38.1 Å². The number of anilines is 1. The van der Waals surface area contributed by atoms with Crippen molar-refractivity contribution in [3.8, 4) is 0 Å². The molecule has 0 N–H and O–H groups in total. The monoisotopic (exact) mass is 393 g/mol. The van der Waals surface area contributed by atoms with E-state index in [2.05, 4.69) is 10.00 Å². The SMILES string of the molecule is FC(F)(F)c1cccc(N2CCN(Cn3nc4ccccn4c3=S)CC2)c1. The van der Waals surface area contributed by atoms with E-state index in [4.69, 9.17) is 12.2 Å². The zero-order valence-electron chi connectivity index (χ0n) is 14.4. The van der Waals surface area contributed by atoms with Crippen molar-refractivity contribution in [2.45, 2.75) is 12.8 Å². The first-order valence-electron chi connectivity index (χ1n) is 8.60. The number of hydrogen-bond donors (Lipinski definition) is 0. The van der Waals surface area contributed by atoms with Crippen LogP contribution in [0, 0.1) is 4.77 Å². The number of benzene rings is 1. The predicted octanol–water partition coefficient (Wildman–Crippen LogP) is 3.66. The van der Waals surface area contributed by atoms with Crippen LogP contribution in [0.4, 0.5) is 18.9 Å². The van der Waals surface area contributed by atoms with Crippen LogP contribution in [0.25, 0.3) is 5.65 Å². The fraction of sp³-hybridized carbons (Fsp3) is 0.333. The molecule has 3 aromatic rings. The molecule has 0 spiro atoms. The summed E-state index contributed by atoms with van der Waals surface area (Å²) in [6.45, 7) is 3.33. The molecule has 1 aliphatic rings. The predicted molar refractivity (Wildman–Crippen MR) is 99.2 cm³/mol. The third-order valence-corrected chi connectivity index (χ3v) is 5.14. The molecule has 0 aliphatic carbocycles. The van der Waals surface area contributed by atoms with E-state index in [1.807, 2.05) is 33.7 Å². The lowest BCUT2D eigenvalue weighted by Gasteiger charge is -2.36. The van der Waals surface area contributed by atoms with Gasteiger partial charge in [-0.05, 0) is 42.5 Å². The minimum atomic E-state index is -4.32. The van der Waals surface area contributed by atoms with E-state index in [1.165, 1.54) is 12.1 Å². The van der Waals surface area contributed by atoms with Gasteiger partial charge in [-0.3, -0.25) is 9.30 Å². The summed E-state index contributed by atoms with van der Waals surface area (Å²) in [7, 11) is 0. The lowest BCUT2D eigenvalue weighted by molar-refractivity contribution is -0.137. The highest BCUT2D eigenvalue weighted by Crippen LogP contribution is 2.31. The van der Waals surface area contributed by atoms with Gasteiger partial charge in [0.15, 0.2) is 5.65 Å². The van der Waals surface area contributed by atoms with Gasteiger partial charge in [-0.25, -0.2) is 4.68 Å². The Morgan fingerprint density at radius 1 is 1.00 bits per heavy atom. The summed E-state index contributed by atoms with van der Waals surface area (Å²) in [4.78, 5) is 4.18. The van der Waals surface area contributed by atoms with Crippen LogP contribution in [-0.4, -0.2) is 45.3 Å². The Morgan fingerprint density at radius 2 is 1.78 bits per heavy atom. The van der Waals surface area contributed by atoms with Gasteiger partial charge >= 0.3 is 6.18 Å². The summed E-state index contributed by atoms with van der Waals surface area (Å²) in [5.74, 6) is 0. The molecule has 0 amide bonds. The summed E-state index contributed by atoms with van der Waals surface area (Å²) < 4.78 is 43.0. The fourth-order valence-corrected chi connectivity index (χ4v) is 3.53. The van der Waals surface area contributed by atoms with E-state index >= 15 is 0 Å². The molecule has 0 atom stereocenters. The van der Waals surface area contributed by atoms with Crippen molar-refractivity contribution in [1.29, 1.82) is 0 Å². The normalized spacial score (nSPS) is 16.2. The maximum atomic E-state index is 12.9. The summed E-state index contributed by atoms with van der Waals surface area (Å²) in [6, 6.07) is 11.2. The molecule has 1 saturated heterocycles. The zero-order valence-corrected chi connectivity index (χ0v) is 15.2. The standard InChI is InChI=1S/C18H18F3N5S/c19-18(20,21)14-4-3-5-15(12-14)24-10-8-23(9-11-24)13-26-17(27)25-7-2-1-6-16(25)22-26/h1-7,12H,8-11,13H2. The van der Waals surface area contributed by atoms with E-state index in [-0.39, 0.29) is 0 Å². The van der Waals surface area contributed by atoms with E-state index in [0.29, 0.717) is 30.2 Å². The van der Waals surface area contributed by atoms with Crippen LogP contribution < -0.4 is 4.90 Å². The quantitative estimate of drug-likeness (QED) is 0.635. The molecule has 0 bridgehead atoms. The summed E-state index contributed by atoms with van der Waals surface area (Å²) in [5.41, 5.74) is 0.789. The molecule has 1 aliphatic heterocycles. The van der Waals surface area contributed by atoms with E-state index < -0.39 is 11.7 Å². The molecule has 0 unspecified atom stereocenters. The van der Waals surface area contributed by atoms with Crippen molar-refractivity contribution < 1.29 is 13.2 Å². The van der Waals surface area contributed by atoms with Gasteiger partial charge < -0.3 is 4.90 Å². The number of aromatic nitrogens is 3. The third-order valence-electron chi connectivity index (χ3n) is 4.73. The molecular formula is C18H18F3N5S. The number of hydrogen-bond acceptors (Lipinski definition) is 4. The summed E-state index contributed by atoms with van der Waals surface area (Å²) in [6.07, 6.45) is -2.44. The molecule has 5 nitrogen and oxygen atoms in total. The Hall–Kier alpha value is -2.39. The molecule has 1 aromatic carbocycles. The molecule has 4 rings (SSSR count). The topological polar surface area (TPSA) is 28.7 Å². The van der Waals surface area contributed by atoms with Crippen molar-refractivity contribution in [1.82, 2.24) is 19.1 Å². The largest absolute Gasteiger partial charge is 0.416 e. The number of alkyl halides is 3. The highest BCUT2D eigenvalue weighted by atomic mass is 32.1. The average molecular weight is 393 g/mol. The van der Waals surface area contributed by atoms with Gasteiger partial charge in [0.05, 0.1) is 12.2 Å². The Bertz CT molecular complexity index is 1000. The Kier molecular flexibility index (Phi) is 4.65. The molecule has 2 aromatic heterocycles. The maximum absolute atomic E-state index is 12.9. The van der Waals surface area contributed by atoms with Gasteiger partial charge in [0.1, 0.15) is 0 Å². The lowest BCUT2D eigenvalue weighted by atomic mass is 10.1. The van der Waals surface area contributed by atoms with Crippen LogP contribution in [0.3, 0.4) is 0 Å². The van der Waals surface area contributed by atoms with Gasteiger partial charge in [0.25, 0.3) is 0 Å². The molecule has 3 heterocycles.